The summed E-state index contributed by atoms with van der Waals surface area (Å²) >= 11 is 0. The highest BCUT2D eigenvalue weighted by atomic mass is 16.5. The molecule has 2 saturated carbocycles. The van der Waals surface area contributed by atoms with Crippen LogP contribution in [0.4, 0.5) is 0 Å². The molecule has 0 N–H and O–H groups in total. The zero-order valence-electron chi connectivity index (χ0n) is 16.4. The number of hydrogen-bond donors (Lipinski definition) is 0. The second-order valence-corrected chi connectivity index (χ2v) is 7.43. The SMILES string of the molecule is CCC1CCC(N(C(=O)c2cc(OC)c(OC)cc2OC)C2CC2)CC1. The highest BCUT2D eigenvalue weighted by molar-refractivity contribution is 5.98. The van der Waals surface area contributed by atoms with Gasteiger partial charge in [0.2, 0.25) is 0 Å². The van der Waals surface area contributed by atoms with Crippen LogP contribution in [0.2, 0.25) is 0 Å². The van der Waals surface area contributed by atoms with Gasteiger partial charge in [-0.05, 0) is 44.4 Å². The van der Waals surface area contributed by atoms with Gasteiger partial charge in [0.05, 0.1) is 26.9 Å². The topological polar surface area (TPSA) is 48.0 Å². The lowest BCUT2D eigenvalue weighted by atomic mass is 9.83. The number of hydrogen-bond acceptors (Lipinski definition) is 4. The van der Waals surface area contributed by atoms with Gasteiger partial charge in [-0.1, -0.05) is 13.3 Å². The van der Waals surface area contributed by atoms with Gasteiger partial charge in [0.15, 0.2) is 11.5 Å². The summed E-state index contributed by atoms with van der Waals surface area (Å²) in [5, 5.41) is 0. The number of nitrogens with zero attached hydrogens (tertiary/aromatic N) is 1. The van der Waals surface area contributed by atoms with E-state index in [1.807, 2.05) is 0 Å². The van der Waals surface area contributed by atoms with Crippen molar-refractivity contribution in [2.24, 2.45) is 5.92 Å². The molecule has 0 unspecified atom stereocenters. The molecule has 0 aliphatic heterocycles. The Morgan fingerprint density at radius 3 is 1.85 bits per heavy atom. The van der Waals surface area contributed by atoms with Gasteiger partial charge in [0.1, 0.15) is 5.75 Å². The van der Waals surface area contributed by atoms with E-state index in [0.29, 0.717) is 34.9 Å². The lowest BCUT2D eigenvalue weighted by Gasteiger charge is -2.37. The predicted molar refractivity (Wildman–Crippen MR) is 101 cm³/mol. The van der Waals surface area contributed by atoms with Gasteiger partial charge < -0.3 is 19.1 Å². The number of methoxy groups -OCH3 is 3. The minimum Gasteiger partial charge on any atom is -0.496 e. The molecule has 26 heavy (non-hydrogen) atoms. The first-order valence-electron chi connectivity index (χ1n) is 9.75. The number of amides is 1. The minimum atomic E-state index is 0.0604. The lowest BCUT2D eigenvalue weighted by Crippen LogP contribution is -2.44. The van der Waals surface area contributed by atoms with Gasteiger partial charge in [-0.25, -0.2) is 0 Å². The molecule has 3 rings (SSSR count). The lowest BCUT2D eigenvalue weighted by molar-refractivity contribution is 0.0583. The quantitative estimate of drug-likeness (QED) is 0.727. The Kier molecular flexibility index (Phi) is 5.94. The fourth-order valence-electron chi connectivity index (χ4n) is 4.15. The van der Waals surface area contributed by atoms with Crippen LogP contribution in [0.25, 0.3) is 0 Å². The fourth-order valence-corrected chi connectivity index (χ4v) is 4.15. The third-order valence-electron chi connectivity index (χ3n) is 5.90. The highest BCUT2D eigenvalue weighted by Gasteiger charge is 2.40. The third-order valence-corrected chi connectivity index (χ3v) is 5.90. The van der Waals surface area contributed by atoms with Gasteiger partial charge in [0, 0.05) is 24.2 Å². The molecule has 1 aromatic rings. The molecule has 144 valence electrons. The molecule has 0 radical (unpaired) electrons. The van der Waals surface area contributed by atoms with Crippen LogP contribution in [0.1, 0.15) is 62.2 Å². The van der Waals surface area contributed by atoms with Crippen LogP contribution in [-0.2, 0) is 0 Å². The summed E-state index contributed by atoms with van der Waals surface area (Å²) in [6.45, 7) is 2.27. The van der Waals surface area contributed by atoms with E-state index in [1.54, 1.807) is 33.5 Å². The molecule has 0 atom stereocenters. The molecule has 2 aliphatic carbocycles. The summed E-state index contributed by atoms with van der Waals surface area (Å²) in [7, 11) is 4.76. The van der Waals surface area contributed by atoms with E-state index in [2.05, 4.69) is 11.8 Å². The number of carbonyl (C=O) groups excluding carboxylic acids is 1. The predicted octanol–water partition coefficient (Wildman–Crippen LogP) is 4.29. The van der Waals surface area contributed by atoms with Crippen LogP contribution in [0, 0.1) is 5.92 Å². The maximum atomic E-state index is 13.5. The first-order chi connectivity index (χ1) is 12.6. The average Bonchev–Trinajstić information content (AvgIpc) is 3.52. The van der Waals surface area contributed by atoms with Gasteiger partial charge in [0.25, 0.3) is 5.91 Å². The number of ether oxygens (including phenoxy) is 3. The summed E-state index contributed by atoms with van der Waals surface area (Å²) < 4.78 is 16.2. The standard InChI is InChI=1S/C21H31NO4/c1-5-14-6-8-15(9-7-14)22(16-10-11-16)21(23)17-12-19(25-3)20(26-4)13-18(17)24-2/h12-16H,5-11H2,1-4H3. The maximum absolute atomic E-state index is 13.5. The number of rotatable bonds is 7. The molecule has 0 saturated heterocycles. The van der Waals surface area contributed by atoms with E-state index < -0.39 is 0 Å². The smallest absolute Gasteiger partial charge is 0.258 e. The fraction of sp³-hybridized carbons (Fsp3) is 0.667. The van der Waals surface area contributed by atoms with Crippen LogP contribution in [0.15, 0.2) is 12.1 Å². The average molecular weight is 361 g/mol. The molecule has 1 amide bonds. The Hall–Kier alpha value is -1.91. The molecule has 0 heterocycles. The number of benzene rings is 1. The van der Waals surface area contributed by atoms with Crippen molar-refractivity contribution in [2.45, 2.75) is 64.0 Å². The molecule has 1 aromatic carbocycles. The molecule has 0 bridgehead atoms. The van der Waals surface area contributed by atoms with Crippen molar-refractivity contribution in [1.29, 1.82) is 0 Å². The molecule has 2 fully saturated rings. The van der Waals surface area contributed by atoms with Crippen LogP contribution in [0.5, 0.6) is 17.2 Å². The summed E-state index contributed by atoms with van der Waals surface area (Å²) in [6.07, 6.45) is 8.12. The summed E-state index contributed by atoms with van der Waals surface area (Å²) in [5.41, 5.74) is 0.565. The highest BCUT2D eigenvalue weighted by Crippen LogP contribution is 2.40. The van der Waals surface area contributed by atoms with E-state index in [0.717, 1.165) is 31.6 Å². The van der Waals surface area contributed by atoms with Gasteiger partial charge in [-0.2, -0.15) is 0 Å². The van der Waals surface area contributed by atoms with Gasteiger partial charge in [-0.3, -0.25) is 4.79 Å². The van der Waals surface area contributed by atoms with E-state index in [9.17, 15) is 4.79 Å². The molecular weight excluding hydrogens is 330 g/mol. The maximum Gasteiger partial charge on any atom is 0.258 e. The van der Waals surface area contributed by atoms with Gasteiger partial charge in [-0.15, -0.1) is 0 Å². The number of carbonyl (C=O) groups is 1. The minimum absolute atomic E-state index is 0.0604. The summed E-state index contributed by atoms with van der Waals surface area (Å²) in [5.74, 6) is 2.55. The van der Waals surface area contributed by atoms with E-state index in [1.165, 1.54) is 19.3 Å². The summed E-state index contributed by atoms with van der Waals surface area (Å²) in [4.78, 5) is 15.6. The Morgan fingerprint density at radius 2 is 1.38 bits per heavy atom. The normalized spacial score (nSPS) is 22.6. The van der Waals surface area contributed by atoms with Gasteiger partial charge >= 0.3 is 0 Å². The van der Waals surface area contributed by atoms with E-state index >= 15 is 0 Å². The van der Waals surface area contributed by atoms with E-state index in [-0.39, 0.29) is 5.91 Å². The van der Waals surface area contributed by atoms with E-state index in [4.69, 9.17) is 14.2 Å². The van der Waals surface area contributed by atoms with Crippen LogP contribution in [-0.4, -0.2) is 44.2 Å². The Bertz CT molecular complexity index is 633. The molecule has 5 nitrogen and oxygen atoms in total. The zero-order chi connectivity index (χ0) is 18.7. The van der Waals surface area contributed by atoms with Crippen molar-refractivity contribution in [2.75, 3.05) is 21.3 Å². The first kappa shape index (κ1) is 18.9. The molecule has 5 heteroatoms. The summed E-state index contributed by atoms with van der Waals surface area (Å²) in [6, 6.07) is 4.22. The van der Waals surface area contributed by atoms with Crippen molar-refractivity contribution in [3.63, 3.8) is 0 Å². The monoisotopic (exact) mass is 361 g/mol. The zero-order valence-corrected chi connectivity index (χ0v) is 16.4. The Balaban J connectivity index is 1.88. The second-order valence-electron chi connectivity index (χ2n) is 7.43. The van der Waals surface area contributed by atoms with Crippen molar-refractivity contribution >= 4 is 5.91 Å². The third kappa shape index (κ3) is 3.76. The molecular formula is C21H31NO4. The molecule has 0 spiro atoms. The largest absolute Gasteiger partial charge is 0.496 e. The molecule has 0 aromatic heterocycles. The second kappa shape index (κ2) is 8.19. The van der Waals surface area contributed by atoms with Crippen molar-refractivity contribution in [3.05, 3.63) is 17.7 Å². The van der Waals surface area contributed by atoms with Crippen LogP contribution < -0.4 is 14.2 Å². The molecule has 2 aliphatic rings. The van der Waals surface area contributed by atoms with Crippen LogP contribution in [0.3, 0.4) is 0 Å². The first-order valence-corrected chi connectivity index (χ1v) is 9.75. The Morgan fingerprint density at radius 1 is 0.885 bits per heavy atom. The van der Waals surface area contributed by atoms with Crippen molar-refractivity contribution in [1.82, 2.24) is 4.90 Å². The van der Waals surface area contributed by atoms with Crippen LogP contribution >= 0.6 is 0 Å². The van der Waals surface area contributed by atoms with Crippen molar-refractivity contribution in [3.8, 4) is 17.2 Å². The Labute approximate surface area is 156 Å². The van der Waals surface area contributed by atoms with Crippen molar-refractivity contribution < 1.29 is 19.0 Å².